The Morgan fingerprint density at radius 2 is 2.08 bits per heavy atom. The minimum atomic E-state index is -0.207. The number of aryl methyl sites for hydroxylation is 1. The number of nitrogens with zero attached hydrogens (tertiary/aromatic N) is 1. The van der Waals surface area contributed by atoms with Crippen LogP contribution in [0.2, 0.25) is 5.02 Å². The molecule has 6 heteroatoms. The van der Waals surface area contributed by atoms with Crippen molar-refractivity contribution in [2.75, 3.05) is 33.4 Å². The van der Waals surface area contributed by atoms with E-state index in [0.29, 0.717) is 48.4 Å². The second-order valence-corrected chi connectivity index (χ2v) is 6.60. The highest BCUT2D eigenvalue weighted by Crippen LogP contribution is 2.28. The third-order valence-electron chi connectivity index (χ3n) is 4.27. The molecule has 1 unspecified atom stereocenters. The van der Waals surface area contributed by atoms with Crippen molar-refractivity contribution in [1.82, 2.24) is 4.90 Å². The first kappa shape index (κ1) is 18.5. The van der Waals surface area contributed by atoms with E-state index >= 15 is 0 Å². The minimum Gasteiger partial charge on any atom is -0.493 e. The molecular formula is C20H22ClNO4. The summed E-state index contributed by atoms with van der Waals surface area (Å²) in [6.07, 6.45) is -0.207. The summed E-state index contributed by atoms with van der Waals surface area (Å²) in [5.74, 6) is 1.26. The van der Waals surface area contributed by atoms with Gasteiger partial charge in [-0.3, -0.25) is 4.79 Å². The van der Waals surface area contributed by atoms with Crippen LogP contribution in [0.1, 0.15) is 15.9 Å². The normalized spacial score (nSPS) is 17.0. The number of benzene rings is 2. The summed E-state index contributed by atoms with van der Waals surface area (Å²) in [6.45, 7) is 3.79. The van der Waals surface area contributed by atoms with Crippen LogP contribution >= 0.6 is 11.6 Å². The van der Waals surface area contributed by atoms with Crippen molar-refractivity contribution < 1.29 is 19.0 Å². The first-order valence-corrected chi connectivity index (χ1v) is 8.89. The molecule has 1 aliphatic heterocycles. The molecule has 26 heavy (non-hydrogen) atoms. The Morgan fingerprint density at radius 3 is 2.85 bits per heavy atom. The summed E-state index contributed by atoms with van der Waals surface area (Å²) in [5, 5.41) is 0.459. The van der Waals surface area contributed by atoms with Gasteiger partial charge in [0.15, 0.2) is 11.5 Å². The van der Waals surface area contributed by atoms with Crippen LogP contribution in [0, 0.1) is 6.92 Å². The van der Waals surface area contributed by atoms with Crippen molar-refractivity contribution >= 4 is 17.5 Å². The van der Waals surface area contributed by atoms with E-state index in [1.54, 1.807) is 24.1 Å². The molecule has 0 bridgehead atoms. The molecule has 1 amide bonds. The molecule has 138 valence electrons. The van der Waals surface area contributed by atoms with Crippen LogP contribution in [0.15, 0.2) is 42.5 Å². The number of rotatable bonds is 5. The fraction of sp³-hybridized carbons (Fsp3) is 0.350. The second kappa shape index (κ2) is 8.43. The van der Waals surface area contributed by atoms with Crippen LogP contribution in [-0.2, 0) is 4.74 Å². The van der Waals surface area contributed by atoms with Crippen LogP contribution in [0.3, 0.4) is 0 Å². The van der Waals surface area contributed by atoms with Gasteiger partial charge in [-0.15, -0.1) is 0 Å². The van der Waals surface area contributed by atoms with Gasteiger partial charge in [0.2, 0.25) is 0 Å². The number of hydrogen-bond donors (Lipinski definition) is 0. The molecule has 1 aliphatic rings. The third-order valence-corrected chi connectivity index (χ3v) is 4.60. The first-order valence-electron chi connectivity index (χ1n) is 8.51. The zero-order valence-corrected chi connectivity index (χ0v) is 15.7. The maximum atomic E-state index is 12.7. The predicted octanol–water partition coefficient (Wildman–Crippen LogP) is 3.58. The Kier molecular flexibility index (Phi) is 6.01. The molecule has 0 aromatic heterocycles. The Bertz CT molecular complexity index is 780. The van der Waals surface area contributed by atoms with E-state index in [0.717, 1.165) is 5.56 Å². The Morgan fingerprint density at radius 1 is 1.27 bits per heavy atom. The lowest BCUT2D eigenvalue weighted by Gasteiger charge is -2.33. The highest BCUT2D eigenvalue weighted by molar-refractivity contribution is 6.33. The topological polar surface area (TPSA) is 48.0 Å². The van der Waals surface area contributed by atoms with E-state index < -0.39 is 0 Å². The molecule has 3 rings (SSSR count). The molecule has 0 aliphatic carbocycles. The van der Waals surface area contributed by atoms with Crippen molar-refractivity contribution in [1.29, 1.82) is 0 Å². The summed E-state index contributed by atoms with van der Waals surface area (Å²) < 4.78 is 17.0. The van der Waals surface area contributed by atoms with Gasteiger partial charge in [0, 0.05) is 6.54 Å². The van der Waals surface area contributed by atoms with Crippen LogP contribution in [0.25, 0.3) is 0 Å². The molecule has 1 atom stereocenters. The van der Waals surface area contributed by atoms with Crippen molar-refractivity contribution in [3.8, 4) is 11.5 Å². The molecule has 1 fully saturated rings. The zero-order valence-electron chi connectivity index (χ0n) is 14.9. The zero-order chi connectivity index (χ0) is 18.5. The van der Waals surface area contributed by atoms with Gasteiger partial charge in [0.25, 0.3) is 5.91 Å². The van der Waals surface area contributed by atoms with Crippen molar-refractivity contribution in [3.05, 3.63) is 58.6 Å². The molecule has 0 saturated carbocycles. The van der Waals surface area contributed by atoms with Crippen LogP contribution < -0.4 is 9.47 Å². The van der Waals surface area contributed by atoms with E-state index in [1.807, 2.05) is 37.3 Å². The predicted molar refractivity (Wildman–Crippen MR) is 100 cm³/mol. The third kappa shape index (κ3) is 4.29. The molecule has 2 aromatic carbocycles. The van der Waals surface area contributed by atoms with Gasteiger partial charge in [-0.2, -0.15) is 0 Å². The number of morpholine rings is 1. The Labute approximate surface area is 158 Å². The number of hydrogen-bond acceptors (Lipinski definition) is 4. The Balaban J connectivity index is 1.62. The summed E-state index contributed by atoms with van der Waals surface area (Å²) in [7, 11) is 1.61. The quantitative estimate of drug-likeness (QED) is 0.801. The van der Waals surface area contributed by atoms with Gasteiger partial charge < -0.3 is 19.1 Å². The fourth-order valence-corrected chi connectivity index (χ4v) is 3.10. The van der Waals surface area contributed by atoms with E-state index in [1.165, 1.54) is 0 Å². The molecule has 0 radical (unpaired) electrons. The average molecular weight is 376 g/mol. The van der Waals surface area contributed by atoms with Gasteiger partial charge in [-0.1, -0.05) is 29.8 Å². The number of halogens is 1. The van der Waals surface area contributed by atoms with Gasteiger partial charge in [-0.25, -0.2) is 0 Å². The van der Waals surface area contributed by atoms with Gasteiger partial charge in [0.05, 0.1) is 30.8 Å². The molecule has 5 nitrogen and oxygen atoms in total. The first-order chi connectivity index (χ1) is 12.6. The van der Waals surface area contributed by atoms with E-state index in [2.05, 4.69) is 0 Å². The molecular weight excluding hydrogens is 354 g/mol. The standard InChI is InChI=1S/C20H22ClNO4/c1-14-7-8-18(19(11-14)24-2)26-13-15-12-22(9-10-25-15)20(23)16-5-3-4-6-17(16)21/h3-8,11,15H,9-10,12-13H2,1-2H3. The average Bonchev–Trinajstić information content (AvgIpc) is 2.67. The molecule has 0 N–H and O–H groups in total. The van der Waals surface area contributed by atoms with Gasteiger partial charge in [0.1, 0.15) is 12.7 Å². The fourth-order valence-electron chi connectivity index (χ4n) is 2.89. The summed E-state index contributed by atoms with van der Waals surface area (Å²) in [4.78, 5) is 14.5. The summed E-state index contributed by atoms with van der Waals surface area (Å²) in [6, 6.07) is 12.8. The minimum absolute atomic E-state index is 0.0863. The monoisotopic (exact) mass is 375 g/mol. The maximum absolute atomic E-state index is 12.7. The second-order valence-electron chi connectivity index (χ2n) is 6.19. The largest absolute Gasteiger partial charge is 0.493 e. The summed E-state index contributed by atoms with van der Waals surface area (Å²) in [5.41, 5.74) is 1.61. The van der Waals surface area contributed by atoms with Crippen molar-refractivity contribution in [2.24, 2.45) is 0 Å². The van der Waals surface area contributed by atoms with Crippen molar-refractivity contribution in [3.63, 3.8) is 0 Å². The summed E-state index contributed by atoms with van der Waals surface area (Å²) >= 11 is 6.14. The molecule has 2 aromatic rings. The van der Waals surface area contributed by atoms with Gasteiger partial charge >= 0.3 is 0 Å². The number of carbonyl (C=O) groups excluding carboxylic acids is 1. The number of carbonyl (C=O) groups is 1. The van der Waals surface area contributed by atoms with Crippen LogP contribution in [0.4, 0.5) is 0 Å². The smallest absolute Gasteiger partial charge is 0.255 e. The van der Waals surface area contributed by atoms with Crippen molar-refractivity contribution in [2.45, 2.75) is 13.0 Å². The number of ether oxygens (including phenoxy) is 3. The maximum Gasteiger partial charge on any atom is 0.255 e. The van der Waals surface area contributed by atoms with E-state index in [9.17, 15) is 4.79 Å². The molecule has 1 saturated heterocycles. The lowest BCUT2D eigenvalue weighted by Crippen LogP contribution is -2.47. The lowest BCUT2D eigenvalue weighted by atomic mass is 10.1. The highest BCUT2D eigenvalue weighted by Gasteiger charge is 2.26. The SMILES string of the molecule is COc1cc(C)ccc1OCC1CN(C(=O)c2ccccc2Cl)CCO1. The molecule has 1 heterocycles. The Hall–Kier alpha value is -2.24. The number of amides is 1. The van der Waals surface area contributed by atoms with Crippen LogP contribution in [-0.4, -0.2) is 50.3 Å². The van der Waals surface area contributed by atoms with E-state index in [4.69, 9.17) is 25.8 Å². The highest BCUT2D eigenvalue weighted by atomic mass is 35.5. The van der Waals surface area contributed by atoms with Gasteiger partial charge in [-0.05, 0) is 36.8 Å². The lowest BCUT2D eigenvalue weighted by molar-refractivity contribution is -0.0403. The molecule has 0 spiro atoms. The number of methoxy groups -OCH3 is 1. The van der Waals surface area contributed by atoms with Crippen LogP contribution in [0.5, 0.6) is 11.5 Å². The van der Waals surface area contributed by atoms with E-state index in [-0.39, 0.29) is 12.0 Å².